The first-order chi connectivity index (χ1) is 12.9. The number of carbonyl (C=O) groups excluding carboxylic acids is 2. The van der Waals surface area contributed by atoms with Crippen LogP contribution in [0.4, 0.5) is 0 Å². The maximum Gasteiger partial charge on any atom is 0.180 e. The van der Waals surface area contributed by atoms with Crippen LogP contribution in [0.3, 0.4) is 0 Å². The van der Waals surface area contributed by atoms with E-state index in [1.54, 1.807) is 27.7 Å². The maximum absolute atomic E-state index is 13.1. The van der Waals surface area contributed by atoms with Crippen molar-refractivity contribution in [3.05, 3.63) is 11.6 Å². The molecule has 8 atom stereocenters. The van der Waals surface area contributed by atoms with Gasteiger partial charge in [-0.3, -0.25) is 9.59 Å². The molecule has 1 aliphatic rings. The molecular formula is C23H40O5. The molecule has 2 N–H and O–H groups in total. The number of ether oxygens (including phenoxy) is 1. The average molecular weight is 397 g/mol. The van der Waals surface area contributed by atoms with Gasteiger partial charge in [0.25, 0.3) is 0 Å². The number of aliphatic hydroxyl groups is 2. The van der Waals surface area contributed by atoms with Gasteiger partial charge in [-0.1, -0.05) is 60.1 Å². The Balaban J connectivity index is 3.11. The highest BCUT2D eigenvalue weighted by Gasteiger charge is 2.56. The lowest BCUT2D eigenvalue weighted by Crippen LogP contribution is -2.63. The first-order valence-electron chi connectivity index (χ1n) is 10.7. The fourth-order valence-corrected chi connectivity index (χ4v) is 4.53. The Morgan fingerprint density at radius 1 is 1.18 bits per heavy atom. The highest BCUT2D eigenvalue weighted by atomic mass is 16.6. The van der Waals surface area contributed by atoms with E-state index in [4.69, 9.17) is 4.74 Å². The summed E-state index contributed by atoms with van der Waals surface area (Å²) in [6.45, 7) is 14.7. The van der Waals surface area contributed by atoms with Crippen molar-refractivity contribution in [2.45, 2.75) is 92.6 Å². The molecule has 0 aliphatic carbocycles. The Morgan fingerprint density at radius 3 is 2.25 bits per heavy atom. The molecule has 162 valence electrons. The van der Waals surface area contributed by atoms with Crippen molar-refractivity contribution in [3.8, 4) is 0 Å². The van der Waals surface area contributed by atoms with Crippen LogP contribution in [0.25, 0.3) is 0 Å². The summed E-state index contributed by atoms with van der Waals surface area (Å²) in [4.78, 5) is 25.3. The third-order valence-electron chi connectivity index (χ3n) is 6.61. The van der Waals surface area contributed by atoms with Crippen molar-refractivity contribution >= 4 is 11.6 Å². The number of allylic oxidation sites excluding steroid dienone is 2. The van der Waals surface area contributed by atoms with Crippen molar-refractivity contribution < 1.29 is 24.5 Å². The van der Waals surface area contributed by atoms with Crippen LogP contribution in [0, 0.1) is 29.6 Å². The molecule has 1 aliphatic heterocycles. The zero-order chi connectivity index (χ0) is 21.8. The normalized spacial score (nSPS) is 34.6. The van der Waals surface area contributed by atoms with E-state index in [1.165, 1.54) is 0 Å². The van der Waals surface area contributed by atoms with Gasteiger partial charge >= 0.3 is 0 Å². The van der Waals surface area contributed by atoms with Gasteiger partial charge in [-0.05, 0) is 19.8 Å². The minimum Gasteiger partial charge on any atom is -0.392 e. The molecule has 0 saturated carbocycles. The van der Waals surface area contributed by atoms with Gasteiger partial charge in [-0.2, -0.15) is 0 Å². The molecule has 28 heavy (non-hydrogen) atoms. The van der Waals surface area contributed by atoms with E-state index in [1.807, 2.05) is 20.8 Å². The number of hydrogen-bond acceptors (Lipinski definition) is 5. The van der Waals surface area contributed by atoms with Crippen LogP contribution in [-0.4, -0.2) is 39.8 Å². The third-order valence-corrected chi connectivity index (χ3v) is 6.61. The average Bonchev–Trinajstić information content (AvgIpc) is 2.66. The minimum absolute atomic E-state index is 0.0219. The largest absolute Gasteiger partial charge is 0.392 e. The molecular weight excluding hydrogens is 356 g/mol. The number of aliphatic hydroxyl groups excluding tert-OH is 1. The summed E-state index contributed by atoms with van der Waals surface area (Å²) in [5.74, 6) is -4.34. The lowest BCUT2D eigenvalue weighted by Gasteiger charge is -2.51. The van der Waals surface area contributed by atoms with Crippen molar-refractivity contribution in [3.63, 3.8) is 0 Å². The van der Waals surface area contributed by atoms with E-state index in [0.29, 0.717) is 12.8 Å². The summed E-state index contributed by atoms with van der Waals surface area (Å²) < 4.78 is 6.08. The number of rotatable bonds is 9. The second kappa shape index (κ2) is 10.1. The smallest absolute Gasteiger partial charge is 0.180 e. The molecule has 0 spiro atoms. The minimum atomic E-state index is -1.80. The summed E-state index contributed by atoms with van der Waals surface area (Å²) in [7, 11) is 0. The first-order valence-corrected chi connectivity index (χ1v) is 10.7. The number of Topliss-reactive ketones (excluding diaryl/α,β-unsaturated/α-hetero) is 2. The van der Waals surface area contributed by atoms with E-state index in [0.717, 1.165) is 12.0 Å². The van der Waals surface area contributed by atoms with E-state index in [-0.39, 0.29) is 23.4 Å². The molecule has 1 saturated heterocycles. The zero-order valence-corrected chi connectivity index (χ0v) is 18.9. The van der Waals surface area contributed by atoms with Crippen molar-refractivity contribution in [2.24, 2.45) is 29.6 Å². The molecule has 0 radical (unpaired) electrons. The van der Waals surface area contributed by atoms with Crippen LogP contribution in [0.5, 0.6) is 0 Å². The van der Waals surface area contributed by atoms with Crippen LogP contribution in [0.1, 0.15) is 74.7 Å². The van der Waals surface area contributed by atoms with Crippen molar-refractivity contribution in [2.75, 3.05) is 0 Å². The molecule has 0 aromatic carbocycles. The summed E-state index contributed by atoms with van der Waals surface area (Å²) in [5.41, 5.74) is 1.15. The van der Waals surface area contributed by atoms with Crippen LogP contribution < -0.4 is 0 Å². The van der Waals surface area contributed by atoms with Gasteiger partial charge in [-0.15, -0.1) is 0 Å². The van der Waals surface area contributed by atoms with E-state index < -0.39 is 35.7 Å². The van der Waals surface area contributed by atoms with Gasteiger partial charge < -0.3 is 14.9 Å². The summed E-state index contributed by atoms with van der Waals surface area (Å²) in [5, 5.41) is 22.2. The first kappa shape index (κ1) is 25.0. The standard InChI is InChI=1S/C23H40O5/c1-9-11-13(3)12-14(4)20(25)17(7)23(27)18(8)21(26)16(6)22(28-23)15(5)19(24)10-2/h11,14-18,21-22,26-27H,9-10,12H2,1-8H3/b13-11+/t14-,15-,16-,17-,18+,21+,22+,23+/m1/s1. The molecule has 1 heterocycles. The molecule has 5 nitrogen and oxygen atoms in total. The topological polar surface area (TPSA) is 83.8 Å². The second-order valence-electron chi connectivity index (χ2n) is 8.77. The Bertz CT molecular complexity index is 584. The Hall–Kier alpha value is -1.04. The zero-order valence-electron chi connectivity index (χ0n) is 18.9. The molecule has 0 unspecified atom stereocenters. The van der Waals surface area contributed by atoms with Crippen LogP contribution in [0.15, 0.2) is 11.6 Å². The summed E-state index contributed by atoms with van der Waals surface area (Å²) in [6.07, 6.45) is 2.53. The van der Waals surface area contributed by atoms with E-state index in [9.17, 15) is 19.8 Å². The molecule has 0 amide bonds. The monoisotopic (exact) mass is 396 g/mol. The Labute approximate surface area is 170 Å². The lowest BCUT2D eigenvalue weighted by atomic mass is 9.71. The summed E-state index contributed by atoms with van der Waals surface area (Å²) >= 11 is 0. The van der Waals surface area contributed by atoms with Gasteiger partial charge in [0.15, 0.2) is 5.79 Å². The maximum atomic E-state index is 13.1. The molecule has 1 fully saturated rings. The fourth-order valence-electron chi connectivity index (χ4n) is 4.53. The molecule has 1 rings (SSSR count). The summed E-state index contributed by atoms with van der Waals surface area (Å²) in [6, 6.07) is 0. The predicted molar refractivity (Wildman–Crippen MR) is 111 cm³/mol. The van der Waals surface area contributed by atoms with Crippen LogP contribution >= 0.6 is 0 Å². The number of hydrogen-bond donors (Lipinski definition) is 2. The third kappa shape index (κ3) is 5.11. The second-order valence-corrected chi connectivity index (χ2v) is 8.77. The lowest BCUT2D eigenvalue weighted by molar-refractivity contribution is -0.337. The van der Waals surface area contributed by atoms with Gasteiger partial charge in [0.05, 0.1) is 18.1 Å². The van der Waals surface area contributed by atoms with Crippen LogP contribution in [0.2, 0.25) is 0 Å². The number of ketones is 2. The quantitative estimate of drug-likeness (QED) is 0.577. The molecule has 5 heteroatoms. The molecule has 0 bridgehead atoms. The highest BCUT2D eigenvalue weighted by Crippen LogP contribution is 2.43. The Kier molecular flexibility index (Phi) is 9.04. The number of carbonyl (C=O) groups is 2. The van der Waals surface area contributed by atoms with Crippen LogP contribution in [-0.2, 0) is 14.3 Å². The van der Waals surface area contributed by atoms with Crippen molar-refractivity contribution in [1.29, 1.82) is 0 Å². The highest BCUT2D eigenvalue weighted by molar-refractivity contribution is 5.84. The van der Waals surface area contributed by atoms with Gasteiger partial charge in [0.2, 0.25) is 0 Å². The van der Waals surface area contributed by atoms with Gasteiger partial charge in [-0.25, -0.2) is 0 Å². The van der Waals surface area contributed by atoms with E-state index >= 15 is 0 Å². The Morgan fingerprint density at radius 2 is 1.75 bits per heavy atom. The fraction of sp³-hybridized carbons (Fsp3) is 0.826. The predicted octanol–water partition coefficient (Wildman–Crippen LogP) is 3.91. The molecule has 0 aromatic rings. The van der Waals surface area contributed by atoms with Gasteiger partial charge in [0, 0.05) is 30.1 Å². The van der Waals surface area contributed by atoms with Gasteiger partial charge in [0.1, 0.15) is 11.6 Å². The SMILES string of the molecule is CC/C=C(\C)C[C@@H](C)C(=O)[C@@H](C)[C@]1(O)O[C@@H]([C@H](C)C(=O)CC)[C@H](C)[C@H](O)[C@@H]1C. The van der Waals surface area contributed by atoms with E-state index in [2.05, 4.69) is 13.0 Å². The van der Waals surface area contributed by atoms with Crippen molar-refractivity contribution in [1.82, 2.24) is 0 Å². The molecule has 0 aromatic heterocycles.